The minimum Gasteiger partial charge on any atom is -0.336 e. The van der Waals surface area contributed by atoms with E-state index in [4.69, 9.17) is 5.73 Å². The number of carbonyl (C=O) groups is 1. The maximum Gasteiger partial charge on any atom is 0.240 e. The molecule has 4 nitrogen and oxygen atoms in total. The molecule has 1 amide bonds. The summed E-state index contributed by atoms with van der Waals surface area (Å²) in [6.45, 7) is 9.26. The van der Waals surface area contributed by atoms with Gasteiger partial charge in [-0.3, -0.25) is 9.69 Å². The predicted molar refractivity (Wildman–Crippen MR) is 83.1 cm³/mol. The van der Waals surface area contributed by atoms with Crippen LogP contribution in [0.25, 0.3) is 0 Å². The second-order valence-corrected chi connectivity index (χ2v) is 5.90. The van der Waals surface area contributed by atoms with Crippen molar-refractivity contribution in [3.8, 4) is 0 Å². The van der Waals surface area contributed by atoms with Crippen molar-refractivity contribution in [3.05, 3.63) is 0 Å². The first-order valence-electron chi connectivity index (χ1n) is 6.80. The standard InChI is InChI=1S/C13H25N3O.2ClH/c1-9(2)12(14)13(17)16-8-11-5-4-6-15(11)7-10(16)3;;/h9-12H,4-8,14H2,1-3H3;2*1H/t10?,11?,12-;;/m0../s1. The molecule has 114 valence electrons. The van der Waals surface area contributed by atoms with Gasteiger partial charge in [0.15, 0.2) is 0 Å². The van der Waals surface area contributed by atoms with Gasteiger partial charge < -0.3 is 10.6 Å². The summed E-state index contributed by atoms with van der Waals surface area (Å²) in [6.07, 6.45) is 2.50. The van der Waals surface area contributed by atoms with E-state index in [0.29, 0.717) is 12.1 Å². The van der Waals surface area contributed by atoms with Crippen molar-refractivity contribution in [2.75, 3.05) is 19.6 Å². The number of nitrogens with two attached hydrogens (primary N) is 1. The number of rotatable bonds is 2. The van der Waals surface area contributed by atoms with Crippen molar-refractivity contribution in [3.63, 3.8) is 0 Å². The molecular weight excluding hydrogens is 285 g/mol. The molecule has 2 heterocycles. The number of fused-ring (bicyclic) bond motifs is 1. The highest BCUT2D eigenvalue weighted by molar-refractivity contribution is 5.85. The average molecular weight is 312 g/mol. The van der Waals surface area contributed by atoms with E-state index >= 15 is 0 Å². The number of halogens is 2. The Morgan fingerprint density at radius 3 is 2.47 bits per heavy atom. The molecule has 2 unspecified atom stereocenters. The van der Waals surface area contributed by atoms with E-state index < -0.39 is 0 Å². The van der Waals surface area contributed by atoms with Gasteiger partial charge in [-0.15, -0.1) is 24.8 Å². The highest BCUT2D eigenvalue weighted by Crippen LogP contribution is 2.25. The Morgan fingerprint density at radius 2 is 1.89 bits per heavy atom. The lowest BCUT2D eigenvalue weighted by Crippen LogP contribution is -2.60. The molecule has 0 aliphatic carbocycles. The molecule has 2 aliphatic heterocycles. The molecule has 0 bridgehead atoms. The van der Waals surface area contributed by atoms with E-state index in [1.807, 2.05) is 18.7 Å². The Kier molecular flexibility index (Phi) is 7.66. The molecule has 0 aromatic rings. The third-order valence-corrected chi connectivity index (χ3v) is 4.22. The fourth-order valence-electron chi connectivity index (χ4n) is 2.97. The fraction of sp³-hybridized carbons (Fsp3) is 0.923. The highest BCUT2D eigenvalue weighted by Gasteiger charge is 2.38. The van der Waals surface area contributed by atoms with Crippen LogP contribution in [0.2, 0.25) is 0 Å². The molecule has 2 N–H and O–H groups in total. The van der Waals surface area contributed by atoms with Crippen molar-refractivity contribution in [1.29, 1.82) is 0 Å². The lowest BCUT2D eigenvalue weighted by atomic mass is 10.0. The molecule has 0 spiro atoms. The van der Waals surface area contributed by atoms with E-state index in [1.165, 1.54) is 19.4 Å². The van der Waals surface area contributed by atoms with Crippen molar-refractivity contribution >= 4 is 30.7 Å². The van der Waals surface area contributed by atoms with Gasteiger partial charge in [-0.2, -0.15) is 0 Å². The molecule has 3 atom stereocenters. The van der Waals surface area contributed by atoms with Crippen LogP contribution in [0.1, 0.15) is 33.6 Å². The van der Waals surface area contributed by atoms with Crippen LogP contribution in [0.3, 0.4) is 0 Å². The van der Waals surface area contributed by atoms with Gasteiger partial charge in [0.25, 0.3) is 0 Å². The van der Waals surface area contributed by atoms with Gasteiger partial charge in [-0.1, -0.05) is 13.8 Å². The SMILES string of the molecule is CC(C)[C@H](N)C(=O)N1CC2CCCN2CC1C.Cl.Cl. The van der Waals surface area contributed by atoms with Crippen LogP contribution in [0.15, 0.2) is 0 Å². The van der Waals surface area contributed by atoms with Crippen LogP contribution < -0.4 is 5.73 Å². The molecule has 0 radical (unpaired) electrons. The summed E-state index contributed by atoms with van der Waals surface area (Å²) in [5.74, 6) is 0.357. The third-order valence-electron chi connectivity index (χ3n) is 4.22. The van der Waals surface area contributed by atoms with Crippen LogP contribution in [-0.4, -0.2) is 53.5 Å². The first-order valence-corrected chi connectivity index (χ1v) is 6.80. The maximum absolute atomic E-state index is 12.3. The van der Waals surface area contributed by atoms with E-state index in [2.05, 4.69) is 11.8 Å². The van der Waals surface area contributed by atoms with Crippen molar-refractivity contribution in [1.82, 2.24) is 9.80 Å². The zero-order valence-corrected chi connectivity index (χ0v) is 13.7. The summed E-state index contributed by atoms with van der Waals surface area (Å²) in [4.78, 5) is 16.9. The fourth-order valence-corrected chi connectivity index (χ4v) is 2.97. The number of piperazine rings is 1. The summed E-state index contributed by atoms with van der Waals surface area (Å²) in [5.41, 5.74) is 5.99. The Bertz CT molecular complexity index is 302. The number of hydrogen-bond acceptors (Lipinski definition) is 3. The Hall–Kier alpha value is -0.0300. The molecule has 2 aliphatic rings. The van der Waals surface area contributed by atoms with Gasteiger partial charge in [0, 0.05) is 25.2 Å². The largest absolute Gasteiger partial charge is 0.336 e. The van der Waals surface area contributed by atoms with Gasteiger partial charge in [0.05, 0.1) is 6.04 Å². The number of carbonyl (C=O) groups excluding carboxylic acids is 1. The molecule has 2 rings (SSSR count). The van der Waals surface area contributed by atoms with Crippen molar-refractivity contribution in [2.24, 2.45) is 11.7 Å². The van der Waals surface area contributed by atoms with Gasteiger partial charge >= 0.3 is 0 Å². The van der Waals surface area contributed by atoms with E-state index in [1.54, 1.807) is 0 Å². The molecule has 0 saturated carbocycles. The summed E-state index contributed by atoms with van der Waals surface area (Å²) >= 11 is 0. The first kappa shape index (κ1) is 19.0. The minimum absolute atomic E-state index is 0. The Balaban J connectivity index is 0.00000162. The van der Waals surface area contributed by atoms with Gasteiger partial charge in [-0.25, -0.2) is 0 Å². The molecular formula is C13H27Cl2N3O. The van der Waals surface area contributed by atoms with Crippen LogP contribution in [-0.2, 0) is 4.79 Å². The van der Waals surface area contributed by atoms with E-state index in [-0.39, 0.29) is 42.7 Å². The molecule has 19 heavy (non-hydrogen) atoms. The Morgan fingerprint density at radius 1 is 1.26 bits per heavy atom. The molecule has 0 aromatic heterocycles. The van der Waals surface area contributed by atoms with E-state index in [9.17, 15) is 4.79 Å². The van der Waals surface area contributed by atoms with Crippen LogP contribution in [0.4, 0.5) is 0 Å². The zero-order chi connectivity index (χ0) is 12.6. The van der Waals surface area contributed by atoms with Gasteiger partial charge in [0.2, 0.25) is 5.91 Å². The molecule has 2 saturated heterocycles. The quantitative estimate of drug-likeness (QED) is 0.841. The normalized spacial score (nSPS) is 28.4. The third kappa shape index (κ3) is 3.97. The monoisotopic (exact) mass is 311 g/mol. The Labute approximate surface area is 128 Å². The maximum atomic E-state index is 12.3. The molecule has 6 heteroatoms. The summed E-state index contributed by atoms with van der Waals surface area (Å²) < 4.78 is 0. The van der Waals surface area contributed by atoms with Gasteiger partial charge in [0.1, 0.15) is 0 Å². The topological polar surface area (TPSA) is 49.6 Å². The molecule has 0 aromatic carbocycles. The highest BCUT2D eigenvalue weighted by atomic mass is 35.5. The second kappa shape index (κ2) is 7.67. The van der Waals surface area contributed by atoms with Crippen LogP contribution in [0.5, 0.6) is 0 Å². The summed E-state index contributed by atoms with van der Waals surface area (Å²) in [7, 11) is 0. The minimum atomic E-state index is -0.342. The average Bonchev–Trinajstić information content (AvgIpc) is 2.72. The zero-order valence-electron chi connectivity index (χ0n) is 12.0. The van der Waals surface area contributed by atoms with Crippen LogP contribution in [0, 0.1) is 5.92 Å². The molecule has 2 fully saturated rings. The van der Waals surface area contributed by atoms with E-state index in [0.717, 1.165) is 13.1 Å². The number of hydrogen-bond donors (Lipinski definition) is 1. The lowest BCUT2D eigenvalue weighted by Gasteiger charge is -2.43. The van der Waals surface area contributed by atoms with Crippen LogP contribution >= 0.6 is 24.8 Å². The summed E-state index contributed by atoms with van der Waals surface area (Å²) in [6, 6.07) is 0.543. The summed E-state index contributed by atoms with van der Waals surface area (Å²) in [5, 5.41) is 0. The lowest BCUT2D eigenvalue weighted by molar-refractivity contribution is -0.139. The number of amides is 1. The van der Waals surface area contributed by atoms with Crippen molar-refractivity contribution in [2.45, 2.75) is 51.7 Å². The first-order chi connectivity index (χ1) is 8.00. The smallest absolute Gasteiger partial charge is 0.240 e. The second-order valence-electron chi connectivity index (χ2n) is 5.90. The van der Waals surface area contributed by atoms with Crippen molar-refractivity contribution < 1.29 is 4.79 Å². The van der Waals surface area contributed by atoms with Gasteiger partial charge in [-0.05, 0) is 32.2 Å². The number of nitrogens with zero attached hydrogens (tertiary/aromatic N) is 2. The predicted octanol–water partition coefficient (Wildman–Crippen LogP) is 1.51.